The first-order valence-corrected chi connectivity index (χ1v) is 6.55. The zero-order valence-corrected chi connectivity index (χ0v) is 11.6. The number of benzene rings is 1. The summed E-state index contributed by atoms with van der Waals surface area (Å²) >= 11 is 0. The number of ether oxygens (including phenoxy) is 1. The van der Waals surface area contributed by atoms with Crippen molar-refractivity contribution in [3.8, 4) is 5.69 Å². The van der Waals surface area contributed by atoms with Crippen molar-refractivity contribution in [1.82, 2.24) is 9.78 Å². The Balaban J connectivity index is 2.14. The van der Waals surface area contributed by atoms with E-state index < -0.39 is 6.09 Å². The van der Waals surface area contributed by atoms with Crippen LogP contribution < -0.4 is 5.36 Å². The number of hydrogen-bond donors (Lipinski definition) is 0. The minimum absolute atomic E-state index is 0.128. The molecule has 0 spiro atoms. The Labute approximate surface area is 117 Å². The van der Waals surface area contributed by atoms with E-state index in [9.17, 15) is 4.79 Å². The molecular formula is C15H17N3O2. The molecule has 0 aliphatic heterocycles. The number of hydrogen-bond acceptors (Lipinski definition) is 3. The zero-order valence-electron chi connectivity index (χ0n) is 11.6. The molecule has 1 heterocycles. The summed E-state index contributed by atoms with van der Waals surface area (Å²) in [4.78, 5) is 15.4. The van der Waals surface area contributed by atoms with Gasteiger partial charge in [0.2, 0.25) is 0 Å². The molecule has 1 unspecified atom stereocenters. The van der Waals surface area contributed by atoms with Crippen molar-refractivity contribution in [1.29, 1.82) is 0 Å². The smallest absolute Gasteiger partial charge is 0.434 e. The summed E-state index contributed by atoms with van der Waals surface area (Å²) < 4.78 is 6.79. The van der Waals surface area contributed by atoms with Crippen LogP contribution in [0.3, 0.4) is 0 Å². The molecule has 0 radical (unpaired) electrons. The van der Waals surface area contributed by atoms with Crippen molar-refractivity contribution < 1.29 is 9.53 Å². The molecule has 5 nitrogen and oxygen atoms in total. The van der Waals surface area contributed by atoms with Gasteiger partial charge in [0.1, 0.15) is 6.10 Å². The molecule has 104 valence electrons. The summed E-state index contributed by atoms with van der Waals surface area (Å²) in [7, 11) is 0. The third kappa shape index (κ3) is 3.78. The maximum atomic E-state index is 11.5. The molecule has 1 amide bonds. The number of carbonyl (C=O) groups is 1. The lowest BCUT2D eigenvalue weighted by molar-refractivity contribution is 0.114. The SMILES string of the molecule is CCC(C)OC(=O)N=c1ccn(-c2ccccc2)nc1. The molecule has 0 aliphatic carbocycles. The summed E-state index contributed by atoms with van der Waals surface area (Å²) in [5.41, 5.74) is 0.946. The van der Waals surface area contributed by atoms with E-state index in [1.165, 1.54) is 6.20 Å². The second-order valence-corrected chi connectivity index (χ2v) is 4.38. The van der Waals surface area contributed by atoms with Gasteiger partial charge in [0.25, 0.3) is 0 Å². The predicted molar refractivity (Wildman–Crippen MR) is 75.4 cm³/mol. The highest BCUT2D eigenvalue weighted by Gasteiger charge is 2.04. The molecule has 1 atom stereocenters. The largest absolute Gasteiger partial charge is 0.445 e. The van der Waals surface area contributed by atoms with Crippen LogP contribution in [0.15, 0.2) is 53.8 Å². The molecule has 1 aromatic carbocycles. The van der Waals surface area contributed by atoms with Gasteiger partial charge in [-0.25, -0.2) is 9.48 Å². The Bertz CT molecular complexity index is 615. The van der Waals surface area contributed by atoms with Crippen molar-refractivity contribution in [3.05, 3.63) is 54.1 Å². The van der Waals surface area contributed by atoms with E-state index in [1.807, 2.05) is 44.2 Å². The van der Waals surface area contributed by atoms with Crippen LogP contribution in [0.2, 0.25) is 0 Å². The van der Waals surface area contributed by atoms with Gasteiger partial charge in [0.15, 0.2) is 0 Å². The fourth-order valence-electron chi connectivity index (χ4n) is 1.54. The van der Waals surface area contributed by atoms with E-state index in [0.29, 0.717) is 5.36 Å². The lowest BCUT2D eigenvalue weighted by Crippen LogP contribution is -2.15. The molecule has 1 aromatic heterocycles. The summed E-state index contributed by atoms with van der Waals surface area (Å²) in [6.45, 7) is 3.78. The van der Waals surface area contributed by atoms with E-state index in [2.05, 4.69) is 10.1 Å². The lowest BCUT2D eigenvalue weighted by Gasteiger charge is -2.07. The topological polar surface area (TPSA) is 56.5 Å². The van der Waals surface area contributed by atoms with Gasteiger partial charge in [-0.15, -0.1) is 0 Å². The van der Waals surface area contributed by atoms with Crippen LogP contribution in [0.1, 0.15) is 20.3 Å². The molecule has 2 aromatic rings. The van der Waals surface area contributed by atoms with Gasteiger partial charge in [-0.2, -0.15) is 10.1 Å². The summed E-state index contributed by atoms with van der Waals surface area (Å²) in [5.74, 6) is 0. The molecular weight excluding hydrogens is 254 g/mol. The molecule has 0 fully saturated rings. The predicted octanol–water partition coefficient (Wildman–Crippen LogP) is 2.71. The van der Waals surface area contributed by atoms with Gasteiger partial charge in [-0.3, -0.25) is 0 Å². The van der Waals surface area contributed by atoms with Crippen LogP contribution in [0.5, 0.6) is 0 Å². The highest BCUT2D eigenvalue weighted by molar-refractivity contribution is 5.68. The normalized spacial score (nSPS) is 13.0. The van der Waals surface area contributed by atoms with Crippen molar-refractivity contribution in [2.75, 3.05) is 0 Å². The van der Waals surface area contributed by atoms with Crippen molar-refractivity contribution in [2.24, 2.45) is 4.99 Å². The minimum Gasteiger partial charge on any atom is -0.445 e. The van der Waals surface area contributed by atoms with Crippen molar-refractivity contribution in [2.45, 2.75) is 26.4 Å². The monoisotopic (exact) mass is 271 g/mol. The maximum absolute atomic E-state index is 11.5. The van der Waals surface area contributed by atoms with Gasteiger partial charge in [-0.1, -0.05) is 25.1 Å². The highest BCUT2D eigenvalue weighted by atomic mass is 16.6. The average molecular weight is 271 g/mol. The van der Waals surface area contributed by atoms with Crippen molar-refractivity contribution >= 4 is 6.09 Å². The summed E-state index contributed by atoms with van der Waals surface area (Å²) in [6, 6.07) is 11.4. The number of amides is 1. The van der Waals surface area contributed by atoms with E-state index in [4.69, 9.17) is 4.74 Å². The van der Waals surface area contributed by atoms with Crippen LogP contribution in [0.4, 0.5) is 4.79 Å². The van der Waals surface area contributed by atoms with Gasteiger partial charge < -0.3 is 4.74 Å². The quantitative estimate of drug-likeness (QED) is 0.862. The minimum atomic E-state index is -0.585. The van der Waals surface area contributed by atoms with Gasteiger partial charge in [0.05, 0.1) is 17.2 Å². The molecule has 20 heavy (non-hydrogen) atoms. The van der Waals surface area contributed by atoms with Crippen LogP contribution in [0, 0.1) is 0 Å². The Morgan fingerprint density at radius 2 is 2.10 bits per heavy atom. The van der Waals surface area contributed by atoms with E-state index in [1.54, 1.807) is 16.9 Å². The lowest BCUT2D eigenvalue weighted by atomic mass is 10.3. The fraction of sp³-hybridized carbons (Fsp3) is 0.267. The molecule has 2 rings (SSSR count). The van der Waals surface area contributed by atoms with E-state index in [-0.39, 0.29) is 6.10 Å². The number of nitrogens with zero attached hydrogens (tertiary/aromatic N) is 3. The van der Waals surface area contributed by atoms with Crippen LogP contribution >= 0.6 is 0 Å². The second kappa shape index (κ2) is 6.65. The average Bonchev–Trinajstić information content (AvgIpc) is 2.48. The molecule has 0 aliphatic rings. The first-order chi connectivity index (χ1) is 9.69. The van der Waals surface area contributed by atoms with Crippen LogP contribution in [0.25, 0.3) is 5.69 Å². The first kappa shape index (κ1) is 14.0. The highest BCUT2D eigenvalue weighted by Crippen LogP contribution is 2.02. The molecule has 0 saturated carbocycles. The van der Waals surface area contributed by atoms with Gasteiger partial charge >= 0.3 is 6.09 Å². The van der Waals surface area contributed by atoms with Crippen LogP contribution in [-0.2, 0) is 4.74 Å². The standard InChI is InChI=1S/C15H17N3O2/c1-3-12(2)20-15(19)17-13-9-10-18(16-11-13)14-7-5-4-6-8-14/h4-12H,3H2,1-2H3. The molecule has 5 heteroatoms. The zero-order chi connectivity index (χ0) is 14.4. The molecule has 0 N–H and O–H groups in total. The van der Waals surface area contributed by atoms with Crippen molar-refractivity contribution in [3.63, 3.8) is 0 Å². The third-order valence-corrected chi connectivity index (χ3v) is 2.82. The number of para-hydroxylation sites is 1. The van der Waals surface area contributed by atoms with E-state index in [0.717, 1.165) is 12.1 Å². The Hall–Kier alpha value is -2.43. The third-order valence-electron chi connectivity index (χ3n) is 2.82. The fourth-order valence-corrected chi connectivity index (χ4v) is 1.54. The Morgan fingerprint density at radius 3 is 2.70 bits per heavy atom. The summed E-state index contributed by atoms with van der Waals surface area (Å²) in [5, 5.41) is 4.69. The molecule has 0 bridgehead atoms. The number of aromatic nitrogens is 2. The summed E-state index contributed by atoms with van der Waals surface area (Å²) in [6.07, 6.45) is 3.34. The number of rotatable bonds is 3. The molecule has 0 saturated heterocycles. The first-order valence-electron chi connectivity index (χ1n) is 6.55. The maximum Gasteiger partial charge on any atom is 0.434 e. The number of carbonyl (C=O) groups excluding carboxylic acids is 1. The van der Waals surface area contributed by atoms with Crippen LogP contribution in [-0.4, -0.2) is 22.0 Å². The second-order valence-electron chi connectivity index (χ2n) is 4.38. The van der Waals surface area contributed by atoms with Gasteiger partial charge in [-0.05, 0) is 31.5 Å². The van der Waals surface area contributed by atoms with Gasteiger partial charge in [0, 0.05) is 6.20 Å². The Kier molecular flexibility index (Phi) is 4.65. The Morgan fingerprint density at radius 1 is 1.35 bits per heavy atom. The van der Waals surface area contributed by atoms with E-state index >= 15 is 0 Å².